The van der Waals surface area contributed by atoms with E-state index in [0.717, 1.165) is 88.6 Å². The van der Waals surface area contributed by atoms with E-state index in [0.29, 0.717) is 5.82 Å². The highest BCUT2D eigenvalue weighted by atomic mass is 16.3. The van der Waals surface area contributed by atoms with Gasteiger partial charge >= 0.3 is 0 Å². The molecule has 262 valence electrons. The standard InChI is InChI=1S/C52H33N3O/c1-4-14-34(15-5-1)37-20-12-21-39(30-37)52-53-45(36-18-8-3-9-19-36)33-46(54-52)41-23-13-25-48-51(41)42-22-10-11-24-47(42)55(48)40-27-29-50-44(32-40)43-31-38(26-28-49(43)56-50)35-16-6-2-7-17-35/h1-33H. The summed E-state index contributed by atoms with van der Waals surface area (Å²) in [6, 6.07) is 70.2. The summed E-state index contributed by atoms with van der Waals surface area (Å²) >= 11 is 0. The number of hydrogen-bond donors (Lipinski definition) is 0. The van der Waals surface area contributed by atoms with Gasteiger partial charge in [0, 0.05) is 43.9 Å². The number of benzene rings is 8. The highest BCUT2D eigenvalue weighted by Gasteiger charge is 2.20. The second kappa shape index (κ2) is 13.1. The molecule has 0 radical (unpaired) electrons. The minimum atomic E-state index is 0.687. The summed E-state index contributed by atoms with van der Waals surface area (Å²) in [5, 5.41) is 4.49. The highest BCUT2D eigenvalue weighted by Crippen LogP contribution is 2.41. The van der Waals surface area contributed by atoms with Crippen LogP contribution in [0.15, 0.2) is 205 Å². The highest BCUT2D eigenvalue weighted by molar-refractivity contribution is 6.16. The monoisotopic (exact) mass is 715 g/mol. The molecule has 8 aromatic carbocycles. The molecule has 3 heterocycles. The summed E-state index contributed by atoms with van der Waals surface area (Å²) < 4.78 is 8.74. The maximum Gasteiger partial charge on any atom is 0.160 e. The molecule has 0 saturated carbocycles. The minimum Gasteiger partial charge on any atom is -0.456 e. The first kappa shape index (κ1) is 31.9. The van der Waals surface area contributed by atoms with Gasteiger partial charge in [-0.05, 0) is 76.9 Å². The van der Waals surface area contributed by atoms with Crippen LogP contribution in [0.25, 0.3) is 106 Å². The van der Waals surface area contributed by atoms with Gasteiger partial charge in [-0.25, -0.2) is 9.97 Å². The molecule has 0 aliphatic heterocycles. The first-order valence-electron chi connectivity index (χ1n) is 18.9. The molecule has 0 N–H and O–H groups in total. The van der Waals surface area contributed by atoms with E-state index in [1.165, 1.54) is 11.1 Å². The number of nitrogens with zero attached hydrogens (tertiary/aromatic N) is 3. The van der Waals surface area contributed by atoms with Crippen molar-refractivity contribution in [3.63, 3.8) is 0 Å². The van der Waals surface area contributed by atoms with Crippen LogP contribution >= 0.6 is 0 Å². The van der Waals surface area contributed by atoms with E-state index >= 15 is 0 Å². The summed E-state index contributed by atoms with van der Waals surface area (Å²) in [5.41, 5.74) is 14.5. The van der Waals surface area contributed by atoms with Crippen LogP contribution in [-0.4, -0.2) is 14.5 Å². The topological polar surface area (TPSA) is 43.9 Å². The lowest BCUT2D eigenvalue weighted by Crippen LogP contribution is -1.97. The lowest BCUT2D eigenvalue weighted by Gasteiger charge is -2.12. The quantitative estimate of drug-likeness (QED) is 0.172. The third-order valence-electron chi connectivity index (χ3n) is 10.8. The Kier molecular flexibility index (Phi) is 7.46. The van der Waals surface area contributed by atoms with Crippen molar-refractivity contribution in [1.29, 1.82) is 0 Å². The minimum absolute atomic E-state index is 0.687. The van der Waals surface area contributed by atoms with Crippen LogP contribution in [0.2, 0.25) is 0 Å². The van der Waals surface area contributed by atoms with E-state index in [4.69, 9.17) is 14.4 Å². The molecular weight excluding hydrogens is 683 g/mol. The van der Waals surface area contributed by atoms with Gasteiger partial charge in [0.25, 0.3) is 0 Å². The molecule has 0 saturated heterocycles. The van der Waals surface area contributed by atoms with Crippen LogP contribution in [-0.2, 0) is 0 Å². The molecular formula is C52H33N3O. The molecule has 56 heavy (non-hydrogen) atoms. The smallest absolute Gasteiger partial charge is 0.160 e. The molecule has 0 amide bonds. The molecule has 4 heteroatoms. The van der Waals surface area contributed by atoms with Crippen LogP contribution in [0.1, 0.15) is 0 Å². The second-order valence-electron chi connectivity index (χ2n) is 14.2. The van der Waals surface area contributed by atoms with Crippen molar-refractivity contribution >= 4 is 43.7 Å². The average Bonchev–Trinajstić information content (AvgIpc) is 3.82. The van der Waals surface area contributed by atoms with E-state index in [2.05, 4.69) is 193 Å². The fourth-order valence-corrected chi connectivity index (χ4v) is 8.17. The molecule has 11 rings (SSSR count). The van der Waals surface area contributed by atoms with Crippen LogP contribution < -0.4 is 0 Å². The van der Waals surface area contributed by atoms with Crippen LogP contribution in [0.5, 0.6) is 0 Å². The van der Waals surface area contributed by atoms with Gasteiger partial charge in [0.15, 0.2) is 5.82 Å². The Balaban J connectivity index is 1.12. The number of furan rings is 1. The van der Waals surface area contributed by atoms with E-state index in [-0.39, 0.29) is 0 Å². The van der Waals surface area contributed by atoms with Crippen molar-refractivity contribution in [3.05, 3.63) is 200 Å². The zero-order chi connectivity index (χ0) is 37.0. The Bertz CT molecular complexity index is 3240. The van der Waals surface area contributed by atoms with Gasteiger partial charge < -0.3 is 8.98 Å². The van der Waals surface area contributed by atoms with Crippen LogP contribution in [0.3, 0.4) is 0 Å². The third-order valence-corrected chi connectivity index (χ3v) is 10.8. The molecule has 0 unspecified atom stereocenters. The third kappa shape index (κ3) is 5.39. The fraction of sp³-hybridized carbons (Fsp3) is 0. The molecule has 4 nitrogen and oxygen atoms in total. The second-order valence-corrected chi connectivity index (χ2v) is 14.2. The average molecular weight is 716 g/mol. The Hall–Kier alpha value is -7.56. The molecule has 0 spiro atoms. The predicted molar refractivity (Wildman–Crippen MR) is 231 cm³/mol. The first-order valence-corrected chi connectivity index (χ1v) is 18.9. The van der Waals surface area contributed by atoms with E-state index < -0.39 is 0 Å². The molecule has 0 fully saturated rings. The summed E-state index contributed by atoms with van der Waals surface area (Å²) in [5.74, 6) is 0.687. The number of aromatic nitrogens is 3. The van der Waals surface area contributed by atoms with Gasteiger partial charge in [-0.2, -0.15) is 0 Å². The largest absolute Gasteiger partial charge is 0.456 e. The van der Waals surface area contributed by atoms with Crippen molar-refractivity contribution in [2.75, 3.05) is 0 Å². The van der Waals surface area contributed by atoms with Gasteiger partial charge in [-0.1, -0.05) is 146 Å². The zero-order valence-corrected chi connectivity index (χ0v) is 30.3. The Labute approximate surface area is 323 Å². The number of rotatable bonds is 6. The first-order chi connectivity index (χ1) is 27.7. The maximum atomic E-state index is 6.37. The fourth-order valence-electron chi connectivity index (χ4n) is 8.17. The molecule has 0 aliphatic rings. The van der Waals surface area contributed by atoms with Crippen molar-refractivity contribution in [2.45, 2.75) is 0 Å². The molecule has 0 aliphatic carbocycles. The molecule has 3 aromatic heterocycles. The normalized spacial score (nSPS) is 11.6. The van der Waals surface area contributed by atoms with Gasteiger partial charge in [-0.3, -0.25) is 0 Å². The van der Waals surface area contributed by atoms with Gasteiger partial charge in [0.2, 0.25) is 0 Å². The van der Waals surface area contributed by atoms with Crippen molar-refractivity contribution in [1.82, 2.24) is 14.5 Å². The van der Waals surface area contributed by atoms with Gasteiger partial charge in [0.05, 0.1) is 22.4 Å². The Morgan fingerprint density at radius 2 is 0.929 bits per heavy atom. The number of fused-ring (bicyclic) bond motifs is 6. The molecule has 0 atom stereocenters. The molecule has 0 bridgehead atoms. The van der Waals surface area contributed by atoms with E-state index in [1.807, 2.05) is 12.1 Å². The SMILES string of the molecule is c1ccc(-c2cccc(-c3nc(-c4ccccc4)cc(-c4cccc5c4c4ccccc4n5-c4ccc5oc6ccc(-c7ccccc7)cc6c5c4)n3)c2)cc1. The lowest BCUT2D eigenvalue weighted by molar-refractivity contribution is 0.669. The Morgan fingerprint density at radius 1 is 0.357 bits per heavy atom. The number of para-hydroxylation sites is 1. The lowest BCUT2D eigenvalue weighted by atomic mass is 10.0. The summed E-state index contributed by atoms with van der Waals surface area (Å²) in [7, 11) is 0. The maximum absolute atomic E-state index is 6.37. The number of hydrogen-bond acceptors (Lipinski definition) is 3. The summed E-state index contributed by atoms with van der Waals surface area (Å²) in [6.45, 7) is 0. The van der Waals surface area contributed by atoms with Crippen LogP contribution in [0.4, 0.5) is 0 Å². The summed E-state index contributed by atoms with van der Waals surface area (Å²) in [6.07, 6.45) is 0. The van der Waals surface area contributed by atoms with E-state index in [1.54, 1.807) is 0 Å². The van der Waals surface area contributed by atoms with Gasteiger partial charge in [0.1, 0.15) is 11.2 Å². The molecule has 11 aromatic rings. The predicted octanol–water partition coefficient (Wildman–Crippen LogP) is 13.8. The van der Waals surface area contributed by atoms with Crippen LogP contribution in [0, 0.1) is 0 Å². The van der Waals surface area contributed by atoms with E-state index in [9.17, 15) is 0 Å². The van der Waals surface area contributed by atoms with Gasteiger partial charge in [-0.15, -0.1) is 0 Å². The summed E-state index contributed by atoms with van der Waals surface area (Å²) in [4.78, 5) is 10.5. The zero-order valence-electron chi connectivity index (χ0n) is 30.3. The Morgan fingerprint density at radius 3 is 1.70 bits per heavy atom. The van der Waals surface area contributed by atoms with Crippen molar-refractivity contribution in [3.8, 4) is 61.8 Å². The van der Waals surface area contributed by atoms with Crippen molar-refractivity contribution < 1.29 is 4.42 Å². The van der Waals surface area contributed by atoms with Crippen molar-refractivity contribution in [2.24, 2.45) is 0 Å².